The van der Waals surface area contributed by atoms with Crippen LogP contribution in [0, 0.1) is 0 Å². The van der Waals surface area contributed by atoms with E-state index in [2.05, 4.69) is 25.7 Å². The Morgan fingerprint density at radius 2 is 1.87 bits per heavy atom. The van der Waals surface area contributed by atoms with E-state index >= 15 is 0 Å². The van der Waals surface area contributed by atoms with Crippen molar-refractivity contribution in [1.29, 1.82) is 0 Å². The maximum atomic E-state index is 12.5. The molecule has 0 saturated heterocycles. The molecule has 0 atom stereocenters. The lowest BCUT2D eigenvalue weighted by molar-refractivity contribution is -0.0438. The fourth-order valence-electron chi connectivity index (χ4n) is 5.00. The highest BCUT2D eigenvalue weighted by Crippen LogP contribution is 2.43. The van der Waals surface area contributed by atoms with Crippen LogP contribution in [0.5, 0.6) is 0 Å². The van der Waals surface area contributed by atoms with Gasteiger partial charge in [-0.2, -0.15) is 9.19 Å². The van der Waals surface area contributed by atoms with Gasteiger partial charge in [-0.1, -0.05) is 0 Å². The van der Waals surface area contributed by atoms with E-state index in [4.69, 9.17) is 4.98 Å². The molecule has 4 N–H and O–H groups in total. The van der Waals surface area contributed by atoms with Crippen LogP contribution in [-0.2, 0) is 10.0 Å². The van der Waals surface area contributed by atoms with Crippen LogP contribution < -0.4 is 10.6 Å². The molecule has 3 fully saturated rings. The van der Waals surface area contributed by atoms with Crippen molar-refractivity contribution in [2.75, 3.05) is 17.2 Å². The lowest BCUT2D eigenvalue weighted by atomic mass is 9.82. The molecule has 0 bridgehead atoms. The van der Waals surface area contributed by atoms with Gasteiger partial charge in [0.15, 0.2) is 12.1 Å². The van der Waals surface area contributed by atoms with Crippen LogP contribution >= 0.6 is 0 Å². The summed E-state index contributed by atoms with van der Waals surface area (Å²) >= 11 is 0. The number of pyridine rings is 1. The molecule has 0 aliphatic heterocycles. The van der Waals surface area contributed by atoms with Gasteiger partial charge in [0.2, 0.25) is 0 Å². The Kier molecular flexibility index (Phi) is 6.60. The highest BCUT2D eigenvalue weighted by molar-refractivity contribution is 7.90. The number of rotatable bonds is 10. The first kappa shape index (κ1) is 25.8. The van der Waals surface area contributed by atoms with E-state index < -0.39 is 15.6 Å². The number of aromatic nitrogens is 5. The zero-order valence-corrected chi connectivity index (χ0v) is 22.1. The number of aldehydes is 1. The zero-order valence-electron chi connectivity index (χ0n) is 21.3. The molecule has 206 valence electrons. The second-order valence-electron chi connectivity index (χ2n) is 10.8. The molecule has 3 heterocycles. The summed E-state index contributed by atoms with van der Waals surface area (Å²) in [5.74, 6) is 1.52. The average Bonchev–Trinajstić information content (AvgIpc) is 3.87. The van der Waals surface area contributed by atoms with Crippen molar-refractivity contribution in [3.05, 3.63) is 42.0 Å². The first-order valence-electron chi connectivity index (χ1n) is 13.3. The summed E-state index contributed by atoms with van der Waals surface area (Å²) in [5.41, 5.74) is 1.39. The van der Waals surface area contributed by atoms with Gasteiger partial charge >= 0.3 is 0 Å². The highest BCUT2D eigenvalue weighted by atomic mass is 32.2. The second-order valence-corrected chi connectivity index (χ2v) is 12.9. The molecule has 0 unspecified atom stereocenters. The number of anilines is 3. The highest BCUT2D eigenvalue weighted by Gasteiger charge is 2.38. The Balaban J connectivity index is 1.25. The molecule has 3 aromatic rings. The fourth-order valence-corrected chi connectivity index (χ4v) is 6.48. The van der Waals surface area contributed by atoms with Gasteiger partial charge in [0.25, 0.3) is 10.0 Å². The van der Waals surface area contributed by atoms with Crippen molar-refractivity contribution in [1.82, 2.24) is 24.1 Å². The lowest BCUT2D eigenvalue weighted by Crippen LogP contribution is -2.41. The maximum Gasteiger partial charge on any atom is 0.256 e. The van der Waals surface area contributed by atoms with Gasteiger partial charge in [0.1, 0.15) is 11.6 Å². The van der Waals surface area contributed by atoms with Crippen molar-refractivity contribution >= 4 is 33.6 Å². The zero-order chi connectivity index (χ0) is 27.2. The van der Waals surface area contributed by atoms with Crippen LogP contribution in [0.3, 0.4) is 0 Å². The molecular formula is C26H31N7O5S. The molecule has 13 heteroatoms. The van der Waals surface area contributed by atoms with E-state index in [9.17, 15) is 23.4 Å². The van der Waals surface area contributed by atoms with Gasteiger partial charge in [-0.25, -0.2) is 23.4 Å². The Morgan fingerprint density at radius 1 is 1.10 bits per heavy atom. The summed E-state index contributed by atoms with van der Waals surface area (Å²) in [5, 5.41) is 30.2. The van der Waals surface area contributed by atoms with Crippen LogP contribution in [0.25, 0.3) is 11.4 Å². The first-order chi connectivity index (χ1) is 18.8. The predicted octanol–water partition coefficient (Wildman–Crippen LogP) is 2.59. The topological polar surface area (TPSA) is 172 Å². The Morgan fingerprint density at radius 3 is 2.54 bits per heavy atom. The summed E-state index contributed by atoms with van der Waals surface area (Å²) in [6.07, 6.45) is 10.8. The van der Waals surface area contributed by atoms with Gasteiger partial charge in [-0.05, 0) is 57.4 Å². The van der Waals surface area contributed by atoms with Gasteiger partial charge in [-0.15, -0.1) is 0 Å². The van der Waals surface area contributed by atoms with Crippen molar-refractivity contribution < 1.29 is 23.4 Å². The van der Waals surface area contributed by atoms with Crippen LogP contribution in [0.4, 0.5) is 17.3 Å². The minimum atomic E-state index is -3.49. The third-order valence-corrected chi connectivity index (χ3v) is 9.71. The molecule has 12 nitrogen and oxygen atoms in total. The second kappa shape index (κ2) is 9.96. The van der Waals surface area contributed by atoms with Crippen LogP contribution in [-0.4, -0.2) is 72.6 Å². The molecule has 0 amide bonds. The van der Waals surface area contributed by atoms with Crippen LogP contribution in [0.15, 0.2) is 30.7 Å². The summed E-state index contributed by atoms with van der Waals surface area (Å²) in [7, 11) is -3.49. The first-order valence-corrected chi connectivity index (χ1v) is 14.8. The van der Waals surface area contributed by atoms with Crippen LogP contribution in [0.1, 0.15) is 73.3 Å². The standard InChI is InChI=1S/C26H31N7O5S/c34-14-20-21(29-18-5-8-26(36,15-35)9-6-18)11-23(31-24(20)16-1-2-16)30-22-7-10-27-25(32-22)17-12-28-33(13-17)39(37,38)19-3-4-19/h7,10-14,16,18-19,35-36H,1-6,8-9,15H2,(H2,27,29,30,31,32). The predicted molar refractivity (Wildman–Crippen MR) is 143 cm³/mol. The average molecular weight is 554 g/mol. The molecule has 0 aromatic carbocycles. The number of aliphatic hydroxyl groups excluding tert-OH is 1. The number of hydrogen-bond donors (Lipinski definition) is 4. The molecule has 3 aliphatic rings. The number of nitrogens with one attached hydrogen (secondary N) is 2. The van der Waals surface area contributed by atoms with E-state index in [0.29, 0.717) is 72.8 Å². The molecule has 3 aliphatic carbocycles. The molecule has 39 heavy (non-hydrogen) atoms. The van der Waals surface area contributed by atoms with Crippen LogP contribution in [0.2, 0.25) is 0 Å². The molecule has 0 spiro atoms. The summed E-state index contributed by atoms with van der Waals surface area (Å²) < 4.78 is 26.0. The third-order valence-electron chi connectivity index (χ3n) is 7.68. The molecular weight excluding hydrogens is 522 g/mol. The van der Waals surface area contributed by atoms with Crippen molar-refractivity contribution in [3.63, 3.8) is 0 Å². The number of nitrogens with zero attached hydrogens (tertiary/aromatic N) is 5. The minimum absolute atomic E-state index is 0.0481. The minimum Gasteiger partial charge on any atom is -0.393 e. The summed E-state index contributed by atoms with van der Waals surface area (Å²) in [4.78, 5) is 25.7. The number of hydrogen-bond acceptors (Lipinski definition) is 11. The monoisotopic (exact) mass is 553 g/mol. The SMILES string of the molecule is O=Cc1c(NC2CCC(O)(CO)CC2)cc(Nc2ccnc(-c3cnn(S(=O)(=O)C4CC4)c3)n2)nc1C1CC1. The molecule has 6 rings (SSSR count). The van der Waals surface area contributed by atoms with Gasteiger partial charge in [-0.3, -0.25) is 4.79 Å². The largest absolute Gasteiger partial charge is 0.393 e. The lowest BCUT2D eigenvalue weighted by Gasteiger charge is -2.35. The fraction of sp³-hybridized carbons (Fsp3) is 0.500. The Bertz CT molecular complexity index is 1490. The van der Waals surface area contributed by atoms with E-state index in [1.54, 1.807) is 18.3 Å². The normalized spacial score (nSPS) is 23.4. The van der Waals surface area contributed by atoms with E-state index in [0.717, 1.165) is 28.9 Å². The third kappa shape index (κ3) is 5.38. The number of carbonyl (C=O) groups excluding carboxylic acids is 1. The van der Waals surface area contributed by atoms with E-state index in [-0.39, 0.29) is 23.8 Å². The van der Waals surface area contributed by atoms with Gasteiger partial charge in [0.05, 0.1) is 52.4 Å². The quantitative estimate of drug-likeness (QED) is 0.272. The molecule has 3 aromatic heterocycles. The summed E-state index contributed by atoms with van der Waals surface area (Å²) in [6.45, 7) is -0.257. The number of carbonyl (C=O) groups is 1. The van der Waals surface area contributed by atoms with Gasteiger partial charge in [0, 0.05) is 24.2 Å². The number of aliphatic hydroxyl groups is 2. The molecule has 3 saturated carbocycles. The Hall–Kier alpha value is -3.42. The smallest absolute Gasteiger partial charge is 0.256 e. The Labute approximate surface area is 226 Å². The van der Waals surface area contributed by atoms with Crippen molar-refractivity contribution in [3.8, 4) is 11.4 Å². The maximum absolute atomic E-state index is 12.5. The van der Waals surface area contributed by atoms with Gasteiger partial charge < -0.3 is 20.8 Å². The van der Waals surface area contributed by atoms with E-state index in [1.807, 2.05) is 0 Å². The molecule has 0 radical (unpaired) electrons. The van der Waals surface area contributed by atoms with Crippen molar-refractivity contribution in [2.24, 2.45) is 0 Å². The summed E-state index contributed by atoms with van der Waals surface area (Å²) in [6, 6.07) is 3.52. The van der Waals surface area contributed by atoms with Crippen molar-refractivity contribution in [2.45, 2.75) is 74.2 Å². The van der Waals surface area contributed by atoms with E-state index in [1.165, 1.54) is 12.4 Å².